The number of benzene rings is 1. The molecule has 0 spiro atoms. The first-order chi connectivity index (χ1) is 8.90. The fraction of sp³-hybridized carbons (Fsp3) is 0.429. The molecule has 2 N–H and O–H groups in total. The van der Waals surface area contributed by atoms with Gasteiger partial charge in [0.25, 0.3) is 5.91 Å². The number of hydrogen-bond acceptors (Lipinski definition) is 3. The van der Waals surface area contributed by atoms with E-state index in [0.29, 0.717) is 5.56 Å². The normalized spacial score (nSPS) is 22.6. The largest absolute Gasteiger partial charge is 0.480 e. The molecule has 1 fully saturated rings. The van der Waals surface area contributed by atoms with Crippen LogP contribution in [0.25, 0.3) is 0 Å². The molecular formula is C14H17NO4. The first-order valence-electron chi connectivity index (χ1n) is 6.19. The molecule has 102 valence electrons. The predicted octanol–water partition coefficient (Wildman–Crippen LogP) is 0.963. The SMILES string of the molecule is Cc1ccc(C)c(C(=O)N2C[C@H](O)C[C@H]2C(=O)O)c1. The van der Waals surface area contributed by atoms with E-state index in [0.717, 1.165) is 11.1 Å². The number of carbonyl (C=O) groups is 2. The van der Waals surface area contributed by atoms with E-state index in [4.69, 9.17) is 5.11 Å². The van der Waals surface area contributed by atoms with E-state index in [-0.39, 0.29) is 18.9 Å². The molecule has 2 rings (SSSR count). The maximum absolute atomic E-state index is 12.4. The fourth-order valence-electron chi connectivity index (χ4n) is 2.39. The number of nitrogens with zero attached hydrogens (tertiary/aromatic N) is 1. The highest BCUT2D eigenvalue weighted by Crippen LogP contribution is 2.22. The number of aliphatic carboxylic acids is 1. The second-order valence-corrected chi connectivity index (χ2v) is 5.02. The first-order valence-corrected chi connectivity index (χ1v) is 6.19. The minimum Gasteiger partial charge on any atom is -0.480 e. The molecule has 1 saturated heterocycles. The summed E-state index contributed by atoms with van der Waals surface area (Å²) in [5.74, 6) is -1.40. The number of carboxylic acid groups (broad SMARTS) is 1. The van der Waals surface area contributed by atoms with Gasteiger partial charge in [0, 0.05) is 18.5 Å². The van der Waals surface area contributed by atoms with Gasteiger partial charge in [-0.1, -0.05) is 17.7 Å². The monoisotopic (exact) mass is 263 g/mol. The maximum atomic E-state index is 12.4. The van der Waals surface area contributed by atoms with Gasteiger partial charge in [0.05, 0.1) is 6.10 Å². The van der Waals surface area contributed by atoms with Crippen LogP contribution in [-0.4, -0.2) is 45.7 Å². The molecule has 1 heterocycles. The third kappa shape index (κ3) is 2.61. The summed E-state index contributed by atoms with van der Waals surface area (Å²) < 4.78 is 0. The number of likely N-dealkylation sites (tertiary alicyclic amines) is 1. The molecule has 19 heavy (non-hydrogen) atoms. The standard InChI is InChI=1S/C14H17NO4/c1-8-3-4-9(2)11(5-8)13(17)15-7-10(16)6-12(15)14(18)19/h3-5,10,12,16H,6-7H2,1-2H3,(H,18,19)/t10-,12+/m1/s1. The van der Waals surface area contributed by atoms with Crippen molar-refractivity contribution < 1.29 is 19.8 Å². The van der Waals surface area contributed by atoms with E-state index in [2.05, 4.69) is 0 Å². The number of aryl methyl sites for hydroxylation is 2. The molecule has 1 aromatic rings. The van der Waals surface area contributed by atoms with E-state index < -0.39 is 18.1 Å². The Morgan fingerprint density at radius 2 is 2.00 bits per heavy atom. The summed E-state index contributed by atoms with van der Waals surface area (Å²) in [5, 5.41) is 18.7. The lowest BCUT2D eigenvalue weighted by Gasteiger charge is -2.22. The fourth-order valence-corrected chi connectivity index (χ4v) is 2.39. The Morgan fingerprint density at radius 3 is 2.63 bits per heavy atom. The van der Waals surface area contributed by atoms with Crippen LogP contribution in [0, 0.1) is 13.8 Å². The van der Waals surface area contributed by atoms with Crippen LogP contribution in [0.3, 0.4) is 0 Å². The molecule has 5 nitrogen and oxygen atoms in total. The zero-order valence-electron chi connectivity index (χ0n) is 11.0. The Morgan fingerprint density at radius 1 is 1.32 bits per heavy atom. The van der Waals surface area contributed by atoms with Crippen LogP contribution in [0.2, 0.25) is 0 Å². The number of aliphatic hydroxyl groups excluding tert-OH is 1. The van der Waals surface area contributed by atoms with Crippen LogP contribution in [0.15, 0.2) is 18.2 Å². The van der Waals surface area contributed by atoms with Crippen molar-refractivity contribution in [2.45, 2.75) is 32.4 Å². The van der Waals surface area contributed by atoms with Crippen molar-refractivity contribution in [1.82, 2.24) is 4.90 Å². The van der Waals surface area contributed by atoms with Crippen molar-refractivity contribution in [3.63, 3.8) is 0 Å². The third-order valence-electron chi connectivity index (χ3n) is 3.45. The quantitative estimate of drug-likeness (QED) is 0.833. The van der Waals surface area contributed by atoms with Gasteiger partial charge in [-0.25, -0.2) is 4.79 Å². The van der Waals surface area contributed by atoms with E-state index in [1.165, 1.54) is 4.90 Å². The molecule has 0 aliphatic carbocycles. The second kappa shape index (κ2) is 5.01. The van der Waals surface area contributed by atoms with Crippen LogP contribution in [0.4, 0.5) is 0 Å². The van der Waals surface area contributed by atoms with Gasteiger partial charge in [-0.05, 0) is 25.5 Å². The zero-order valence-corrected chi connectivity index (χ0v) is 11.0. The van der Waals surface area contributed by atoms with Crippen LogP contribution in [-0.2, 0) is 4.79 Å². The summed E-state index contributed by atoms with van der Waals surface area (Å²) in [7, 11) is 0. The van der Waals surface area contributed by atoms with Crippen molar-refractivity contribution in [1.29, 1.82) is 0 Å². The van der Waals surface area contributed by atoms with Gasteiger partial charge >= 0.3 is 5.97 Å². The molecule has 5 heteroatoms. The van der Waals surface area contributed by atoms with Gasteiger partial charge < -0.3 is 15.1 Å². The van der Waals surface area contributed by atoms with Gasteiger partial charge in [-0.15, -0.1) is 0 Å². The van der Waals surface area contributed by atoms with Crippen LogP contribution >= 0.6 is 0 Å². The summed E-state index contributed by atoms with van der Waals surface area (Å²) in [6.45, 7) is 3.77. The summed E-state index contributed by atoms with van der Waals surface area (Å²) in [4.78, 5) is 24.8. The van der Waals surface area contributed by atoms with E-state index >= 15 is 0 Å². The number of rotatable bonds is 2. The molecular weight excluding hydrogens is 246 g/mol. The lowest BCUT2D eigenvalue weighted by atomic mass is 10.0. The smallest absolute Gasteiger partial charge is 0.326 e. The Labute approximate surface area is 111 Å². The molecule has 0 unspecified atom stereocenters. The number of carbonyl (C=O) groups excluding carboxylic acids is 1. The van der Waals surface area contributed by atoms with Crippen molar-refractivity contribution in [3.05, 3.63) is 34.9 Å². The summed E-state index contributed by atoms with van der Waals surface area (Å²) in [5.41, 5.74) is 2.25. The maximum Gasteiger partial charge on any atom is 0.326 e. The molecule has 0 radical (unpaired) electrons. The van der Waals surface area contributed by atoms with Gasteiger partial charge in [0.15, 0.2) is 0 Å². The average molecular weight is 263 g/mol. The van der Waals surface area contributed by atoms with Crippen molar-refractivity contribution >= 4 is 11.9 Å². The number of hydrogen-bond donors (Lipinski definition) is 2. The van der Waals surface area contributed by atoms with Crippen LogP contribution in [0.1, 0.15) is 27.9 Å². The zero-order chi connectivity index (χ0) is 14.2. The van der Waals surface area contributed by atoms with Crippen molar-refractivity contribution in [3.8, 4) is 0 Å². The molecule has 0 bridgehead atoms. The van der Waals surface area contributed by atoms with E-state index in [9.17, 15) is 14.7 Å². The van der Waals surface area contributed by atoms with E-state index in [1.54, 1.807) is 6.07 Å². The predicted molar refractivity (Wildman–Crippen MR) is 69.0 cm³/mol. The first kappa shape index (κ1) is 13.5. The lowest BCUT2D eigenvalue weighted by Crippen LogP contribution is -2.40. The topological polar surface area (TPSA) is 77.8 Å². The molecule has 1 aromatic carbocycles. The van der Waals surface area contributed by atoms with Gasteiger partial charge in [-0.2, -0.15) is 0 Å². The second-order valence-electron chi connectivity index (χ2n) is 5.02. The van der Waals surface area contributed by atoms with Crippen LogP contribution < -0.4 is 0 Å². The highest BCUT2D eigenvalue weighted by atomic mass is 16.4. The molecule has 1 aliphatic heterocycles. The Kier molecular flexibility index (Phi) is 3.57. The molecule has 0 aromatic heterocycles. The molecule has 1 aliphatic rings. The highest BCUT2D eigenvalue weighted by molar-refractivity contribution is 5.98. The molecule has 1 amide bonds. The number of β-amino-alcohol motifs (C(OH)–C–C–N with tert-alkyl or cyclic N) is 1. The summed E-state index contributed by atoms with van der Waals surface area (Å²) in [6, 6.07) is 4.55. The third-order valence-corrected chi connectivity index (χ3v) is 3.45. The average Bonchev–Trinajstić information content (AvgIpc) is 2.74. The minimum atomic E-state index is -1.07. The van der Waals surface area contributed by atoms with Gasteiger partial charge in [-0.3, -0.25) is 4.79 Å². The van der Waals surface area contributed by atoms with Crippen molar-refractivity contribution in [2.75, 3.05) is 6.54 Å². The van der Waals surface area contributed by atoms with Gasteiger partial charge in [0.1, 0.15) is 6.04 Å². The lowest BCUT2D eigenvalue weighted by molar-refractivity contribution is -0.141. The molecule has 0 saturated carbocycles. The van der Waals surface area contributed by atoms with Gasteiger partial charge in [0.2, 0.25) is 0 Å². The summed E-state index contributed by atoms with van der Waals surface area (Å²) >= 11 is 0. The number of aliphatic hydroxyl groups is 1. The Balaban J connectivity index is 2.33. The van der Waals surface area contributed by atoms with Crippen molar-refractivity contribution in [2.24, 2.45) is 0 Å². The Bertz CT molecular complexity index is 526. The Hall–Kier alpha value is -1.88. The summed E-state index contributed by atoms with van der Waals surface area (Å²) in [6.07, 6.45) is -0.679. The minimum absolute atomic E-state index is 0.0726. The number of amides is 1. The highest BCUT2D eigenvalue weighted by Gasteiger charge is 2.39. The van der Waals surface area contributed by atoms with E-state index in [1.807, 2.05) is 26.0 Å². The molecule has 2 atom stereocenters. The van der Waals surface area contributed by atoms with Crippen LogP contribution in [0.5, 0.6) is 0 Å². The number of carboxylic acids is 1.